The quantitative estimate of drug-likeness (QED) is 0.610. The molecule has 1 aliphatic heterocycles. The second-order valence-electron chi connectivity index (χ2n) is 7.62. The number of halogens is 1. The lowest BCUT2D eigenvalue weighted by Crippen LogP contribution is -2.49. The van der Waals surface area contributed by atoms with Crippen molar-refractivity contribution in [2.45, 2.75) is 13.5 Å². The van der Waals surface area contributed by atoms with Gasteiger partial charge in [0.15, 0.2) is 0 Å². The molecule has 166 valence electrons. The van der Waals surface area contributed by atoms with Crippen molar-refractivity contribution in [1.29, 1.82) is 0 Å². The van der Waals surface area contributed by atoms with Gasteiger partial charge < -0.3 is 19.9 Å². The molecular weight excluding hydrogens is 426 g/mol. The van der Waals surface area contributed by atoms with E-state index in [2.05, 4.69) is 20.2 Å². The summed E-state index contributed by atoms with van der Waals surface area (Å²) < 4.78 is 5.38. The van der Waals surface area contributed by atoms with Gasteiger partial charge in [0, 0.05) is 55.2 Å². The lowest BCUT2D eigenvalue weighted by Gasteiger charge is -2.36. The molecule has 0 aliphatic carbocycles. The molecular formula is C24H26ClN5O2. The molecule has 0 saturated carbocycles. The fourth-order valence-corrected chi connectivity index (χ4v) is 3.98. The number of benzene rings is 2. The van der Waals surface area contributed by atoms with Crippen LogP contribution in [0.15, 0.2) is 54.7 Å². The normalized spacial score (nSPS) is 13.7. The lowest BCUT2D eigenvalue weighted by atomic mass is 10.2. The molecule has 1 saturated heterocycles. The van der Waals surface area contributed by atoms with Gasteiger partial charge in [-0.05, 0) is 31.2 Å². The van der Waals surface area contributed by atoms with Gasteiger partial charge in [0.1, 0.15) is 5.75 Å². The molecule has 3 aromatic rings. The minimum atomic E-state index is -0.0375. The minimum absolute atomic E-state index is 0.0375. The predicted molar refractivity (Wildman–Crippen MR) is 127 cm³/mol. The Kier molecular flexibility index (Phi) is 6.75. The summed E-state index contributed by atoms with van der Waals surface area (Å²) in [4.78, 5) is 26.0. The van der Waals surface area contributed by atoms with E-state index in [-0.39, 0.29) is 5.91 Å². The predicted octanol–water partition coefficient (Wildman–Crippen LogP) is 4.02. The highest BCUT2D eigenvalue weighted by Gasteiger charge is 2.24. The van der Waals surface area contributed by atoms with E-state index in [4.69, 9.17) is 16.3 Å². The maximum Gasteiger partial charge on any atom is 0.257 e. The first-order chi connectivity index (χ1) is 15.5. The summed E-state index contributed by atoms with van der Waals surface area (Å²) in [6.45, 7) is 5.15. The number of carbonyl (C=O) groups excluding carboxylic acids is 1. The number of rotatable bonds is 6. The molecule has 7 nitrogen and oxygen atoms in total. The number of hydrogen-bond donors (Lipinski definition) is 1. The van der Waals surface area contributed by atoms with Gasteiger partial charge in [-0.2, -0.15) is 0 Å². The number of ether oxygens (including phenoxy) is 1. The van der Waals surface area contributed by atoms with E-state index in [1.54, 1.807) is 13.3 Å². The SMILES string of the molecule is COc1ccccc1CNc1ncc(C(=O)N2CCN(c3cccc(Cl)c3)CC2)c(C)n1. The number of anilines is 2. The number of nitrogens with one attached hydrogen (secondary N) is 1. The van der Waals surface area contributed by atoms with Crippen LogP contribution < -0.4 is 15.0 Å². The second kappa shape index (κ2) is 9.87. The van der Waals surface area contributed by atoms with Crippen LogP contribution in [0.5, 0.6) is 5.75 Å². The molecule has 2 aromatic carbocycles. The van der Waals surface area contributed by atoms with Crippen molar-refractivity contribution in [3.8, 4) is 5.75 Å². The highest BCUT2D eigenvalue weighted by molar-refractivity contribution is 6.30. The highest BCUT2D eigenvalue weighted by Crippen LogP contribution is 2.22. The van der Waals surface area contributed by atoms with Crippen LogP contribution >= 0.6 is 11.6 Å². The molecule has 0 spiro atoms. The molecule has 1 aliphatic rings. The average molecular weight is 452 g/mol. The Hall–Kier alpha value is -3.32. The van der Waals surface area contributed by atoms with E-state index in [1.807, 2.05) is 60.4 Å². The molecule has 8 heteroatoms. The third kappa shape index (κ3) is 4.94. The minimum Gasteiger partial charge on any atom is -0.496 e. The third-order valence-electron chi connectivity index (χ3n) is 5.58. The van der Waals surface area contributed by atoms with Gasteiger partial charge in [0.25, 0.3) is 5.91 Å². The molecule has 1 aromatic heterocycles. The first-order valence-corrected chi connectivity index (χ1v) is 10.9. The number of piperazine rings is 1. The molecule has 0 unspecified atom stereocenters. The largest absolute Gasteiger partial charge is 0.496 e. The monoisotopic (exact) mass is 451 g/mol. The molecule has 32 heavy (non-hydrogen) atoms. The molecule has 4 rings (SSSR count). The molecule has 0 bridgehead atoms. The van der Waals surface area contributed by atoms with E-state index in [0.29, 0.717) is 41.9 Å². The fraction of sp³-hybridized carbons (Fsp3) is 0.292. The van der Waals surface area contributed by atoms with Crippen LogP contribution in [0.25, 0.3) is 0 Å². The topological polar surface area (TPSA) is 70.6 Å². The number of methoxy groups -OCH3 is 1. The summed E-state index contributed by atoms with van der Waals surface area (Å²) in [6, 6.07) is 15.6. The molecule has 1 amide bonds. The first-order valence-electron chi connectivity index (χ1n) is 10.5. The van der Waals surface area contributed by atoms with Crippen LogP contribution in [0.3, 0.4) is 0 Å². The van der Waals surface area contributed by atoms with Crippen molar-refractivity contribution in [1.82, 2.24) is 14.9 Å². The second-order valence-corrected chi connectivity index (χ2v) is 8.05. The Labute approximate surface area is 193 Å². The van der Waals surface area contributed by atoms with Crippen molar-refractivity contribution in [3.05, 3.63) is 76.6 Å². The van der Waals surface area contributed by atoms with E-state index in [9.17, 15) is 4.79 Å². The summed E-state index contributed by atoms with van der Waals surface area (Å²) in [6.07, 6.45) is 1.61. The Balaban J connectivity index is 1.37. The number of carbonyl (C=O) groups is 1. The van der Waals surface area contributed by atoms with E-state index < -0.39 is 0 Å². The number of aryl methyl sites for hydroxylation is 1. The van der Waals surface area contributed by atoms with Crippen molar-refractivity contribution >= 4 is 29.1 Å². The molecule has 0 atom stereocenters. The van der Waals surface area contributed by atoms with Crippen LogP contribution in [0.4, 0.5) is 11.6 Å². The van der Waals surface area contributed by atoms with Gasteiger partial charge in [0.2, 0.25) is 5.95 Å². The summed E-state index contributed by atoms with van der Waals surface area (Å²) >= 11 is 6.11. The summed E-state index contributed by atoms with van der Waals surface area (Å²) in [5, 5.41) is 3.92. The highest BCUT2D eigenvalue weighted by atomic mass is 35.5. The van der Waals surface area contributed by atoms with Crippen LogP contribution in [0.1, 0.15) is 21.6 Å². The van der Waals surface area contributed by atoms with Gasteiger partial charge in [-0.25, -0.2) is 9.97 Å². The summed E-state index contributed by atoms with van der Waals surface area (Å²) in [7, 11) is 1.65. The Morgan fingerprint density at radius 2 is 1.91 bits per heavy atom. The first kappa shape index (κ1) is 21.9. The Bertz CT molecular complexity index is 1100. The van der Waals surface area contributed by atoms with E-state index in [0.717, 1.165) is 30.1 Å². The number of amides is 1. The van der Waals surface area contributed by atoms with Crippen molar-refractivity contribution < 1.29 is 9.53 Å². The van der Waals surface area contributed by atoms with Gasteiger partial charge >= 0.3 is 0 Å². The maximum atomic E-state index is 13.1. The van der Waals surface area contributed by atoms with Crippen LogP contribution in [-0.2, 0) is 6.54 Å². The number of hydrogen-bond acceptors (Lipinski definition) is 6. The Morgan fingerprint density at radius 1 is 1.12 bits per heavy atom. The lowest BCUT2D eigenvalue weighted by molar-refractivity contribution is 0.0745. The number of para-hydroxylation sites is 1. The summed E-state index contributed by atoms with van der Waals surface area (Å²) in [5.41, 5.74) is 3.28. The van der Waals surface area contributed by atoms with Gasteiger partial charge in [-0.15, -0.1) is 0 Å². The van der Waals surface area contributed by atoms with Crippen molar-refractivity contribution in [3.63, 3.8) is 0 Å². The van der Waals surface area contributed by atoms with Crippen LogP contribution in [0.2, 0.25) is 5.02 Å². The van der Waals surface area contributed by atoms with Crippen molar-refractivity contribution in [2.75, 3.05) is 43.5 Å². The molecule has 0 radical (unpaired) electrons. The van der Waals surface area contributed by atoms with E-state index >= 15 is 0 Å². The smallest absolute Gasteiger partial charge is 0.257 e. The zero-order valence-electron chi connectivity index (χ0n) is 18.2. The average Bonchev–Trinajstić information content (AvgIpc) is 2.82. The number of aromatic nitrogens is 2. The van der Waals surface area contributed by atoms with Crippen LogP contribution in [-0.4, -0.2) is 54.1 Å². The van der Waals surface area contributed by atoms with Crippen molar-refractivity contribution in [2.24, 2.45) is 0 Å². The zero-order chi connectivity index (χ0) is 22.5. The van der Waals surface area contributed by atoms with Gasteiger partial charge in [-0.1, -0.05) is 35.9 Å². The molecule has 1 fully saturated rings. The van der Waals surface area contributed by atoms with Gasteiger partial charge in [0.05, 0.1) is 18.4 Å². The fourth-order valence-electron chi connectivity index (χ4n) is 3.80. The summed E-state index contributed by atoms with van der Waals surface area (Å²) in [5.74, 6) is 1.25. The maximum absolute atomic E-state index is 13.1. The van der Waals surface area contributed by atoms with Gasteiger partial charge in [-0.3, -0.25) is 4.79 Å². The van der Waals surface area contributed by atoms with E-state index in [1.165, 1.54) is 0 Å². The van der Waals surface area contributed by atoms with Crippen LogP contribution in [0, 0.1) is 6.92 Å². The molecule has 1 N–H and O–H groups in total. The number of nitrogens with zero attached hydrogens (tertiary/aromatic N) is 4. The Morgan fingerprint density at radius 3 is 2.62 bits per heavy atom. The standard InChI is InChI=1S/C24H26ClN5O2/c1-17-21(16-27-24(28-17)26-15-18-6-3-4-9-22(18)32-2)23(31)30-12-10-29(11-13-30)20-8-5-7-19(25)14-20/h3-9,14,16H,10-13,15H2,1-2H3,(H,26,27,28). The zero-order valence-corrected chi connectivity index (χ0v) is 19.0. The molecule has 2 heterocycles. The third-order valence-corrected chi connectivity index (χ3v) is 5.81.